The van der Waals surface area contributed by atoms with Gasteiger partial charge in [0.15, 0.2) is 0 Å². The van der Waals surface area contributed by atoms with Crippen molar-refractivity contribution in [2.24, 2.45) is 5.92 Å². The molecule has 0 aromatic heterocycles. The second-order valence-corrected chi connectivity index (χ2v) is 10.5. The Hall–Kier alpha value is -4.24. The van der Waals surface area contributed by atoms with Gasteiger partial charge in [0.05, 0.1) is 29.7 Å². The maximum atomic E-state index is 14.6. The van der Waals surface area contributed by atoms with E-state index in [2.05, 4.69) is 5.32 Å². The third-order valence-electron chi connectivity index (χ3n) is 7.30. The van der Waals surface area contributed by atoms with Crippen molar-refractivity contribution in [3.8, 4) is 5.75 Å². The number of amides is 3. The van der Waals surface area contributed by atoms with Crippen LogP contribution in [0.5, 0.6) is 5.75 Å². The van der Waals surface area contributed by atoms with Gasteiger partial charge in [0.1, 0.15) is 18.2 Å². The summed E-state index contributed by atoms with van der Waals surface area (Å²) in [4.78, 5) is 42.8. The van der Waals surface area contributed by atoms with E-state index >= 15 is 0 Å². The third kappa shape index (κ3) is 7.29. The van der Waals surface area contributed by atoms with Crippen LogP contribution in [0.15, 0.2) is 72.8 Å². The molecule has 41 heavy (non-hydrogen) atoms. The molecule has 0 spiro atoms. The van der Waals surface area contributed by atoms with Crippen LogP contribution >= 0.6 is 0 Å². The summed E-state index contributed by atoms with van der Waals surface area (Å²) >= 11 is 0. The SMILES string of the molecule is CO[C@@H]1CN(C)C(=O)c2ccc(NC(=O)Cc3ccccc3)cc2OC[C@@H](C)N(C(=O)c2ccccc2F)C[C@@H]1C. The Kier molecular flexibility index (Phi) is 9.73. The van der Waals surface area contributed by atoms with Crippen molar-refractivity contribution in [1.29, 1.82) is 0 Å². The molecule has 3 aromatic rings. The molecule has 1 aliphatic rings. The van der Waals surface area contributed by atoms with Gasteiger partial charge in [-0.05, 0) is 36.8 Å². The smallest absolute Gasteiger partial charge is 0.257 e. The van der Waals surface area contributed by atoms with Crippen LogP contribution in [0.1, 0.15) is 40.1 Å². The van der Waals surface area contributed by atoms with E-state index in [4.69, 9.17) is 9.47 Å². The third-order valence-corrected chi connectivity index (χ3v) is 7.30. The van der Waals surface area contributed by atoms with Crippen molar-refractivity contribution < 1.29 is 28.2 Å². The fourth-order valence-corrected chi connectivity index (χ4v) is 4.91. The van der Waals surface area contributed by atoms with E-state index in [0.29, 0.717) is 11.3 Å². The monoisotopic (exact) mass is 561 g/mol. The van der Waals surface area contributed by atoms with Gasteiger partial charge in [0.2, 0.25) is 5.91 Å². The number of benzene rings is 3. The number of hydrogen-bond acceptors (Lipinski definition) is 5. The Bertz CT molecular complexity index is 1380. The molecule has 3 atom stereocenters. The lowest BCUT2D eigenvalue weighted by molar-refractivity contribution is -0.115. The Morgan fingerprint density at radius 2 is 1.73 bits per heavy atom. The number of ether oxygens (including phenoxy) is 2. The van der Waals surface area contributed by atoms with Crippen LogP contribution in [0.3, 0.4) is 0 Å². The van der Waals surface area contributed by atoms with Crippen LogP contribution in [-0.4, -0.2) is 73.5 Å². The molecule has 0 unspecified atom stereocenters. The number of methoxy groups -OCH3 is 1. The molecule has 4 rings (SSSR count). The van der Waals surface area contributed by atoms with Gasteiger partial charge in [-0.3, -0.25) is 14.4 Å². The van der Waals surface area contributed by atoms with Crippen LogP contribution in [0.2, 0.25) is 0 Å². The predicted molar refractivity (Wildman–Crippen MR) is 155 cm³/mol. The van der Waals surface area contributed by atoms with E-state index in [9.17, 15) is 18.8 Å². The normalized spacial score (nSPS) is 19.8. The first-order valence-corrected chi connectivity index (χ1v) is 13.6. The molecule has 8 nitrogen and oxygen atoms in total. The van der Waals surface area contributed by atoms with Crippen molar-refractivity contribution in [3.63, 3.8) is 0 Å². The molecular formula is C32H36FN3O5. The maximum Gasteiger partial charge on any atom is 0.257 e. The van der Waals surface area contributed by atoms with Gasteiger partial charge in [0, 0.05) is 44.9 Å². The molecule has 0 saturated heterocycles. The van der Waals surface area contributed by atoms with Crippen molar-refractivity contribution in [1.82, 2.24) is 9.80 Å². The lowest BCUT2D eigenvalue weighted by atomic mass is 10.0. The van der Waals surface area contributed by atoms with Gasteiger partial charge in [-0.15, -0.1) is 0 Å². The first-order chi connectivity index (χ1) is 19.7. The van der Waals surface area contributed by atoms with E-state index in [1.165, 1.54) is 12.1 Å². The Morgan fingerprint density at radius 1 is 1.02 bits per heavy atom. The molecule has 1 N–H and O–H groups in total. The highest BCUT2D eigenvalue weighted by atomic mass is 19.1. The van der Waals surface area contributed by atoms with Crippen LogP contribution in [0.4, 0.5) is 10.1 Å². The summed E-state index contributed by atoms with van der Waals surface area (Å²) in [6.45, 7) is 4.32. The fourth-order valence-electron chi connectivity index (χ4n) is 4.91. The molecule has 0 radical (unpaired) electrons. The van der Waals surface area contributed by atoms with E-state index in [1.807, 2.05) is 44.2 Å². The van der Waals surface area contributed by atoms with Crippen molar-refractivity contribution in [2.45, 2.75) is 32.4 Å². The number of rotatable bonds is 5. The molecule has 1 aliphatic heterocycles. The first-order valence-electron chi connectivity index (χ1n) is 13.6. The maximum absolute atomic E-state index is 14.6. The number of hydrogen-bond donors (Lipinski definition) is 1. The standard InChI is InChI=1S/C32H36FN3O5/c1-21-18-36(32(39)25-12-8-9-13-27(25)33)22(2)20-41-28-17-24(34-30(37)16-23-10-6-5-7-11-23)14-15-26(28)31(38)35(3)19-29(21)40-4/h5-15,17,21-22,29H,16,18-20H2,1-4H3,(H,34,37)/t21-,22+,29+/m0/s1. The van der Waals surface area contributed by atoms with Crippen LogP contribution in [0.25, 0.3) is 0 Å². The highest BCUT2D eigenvalue weighted by molar-refractivity contribution is 5.99. The van der Waals surface area contributed by atoms with Crippen LogP contribution in [-0.2, 0) is 16.0 Å². The minimum atomic E-state index is -0.598. The predicted octanol–water partition coefficient (Wildman–Crippen LogP) is 4.65. The van der Waals surface area contributed by atoms with Gasteiger partial charge >= 0.3 is 0 Å². The van der Waals surface area contributed by atoms with Crippen LogP contribution in [0, 0.1) is 11.7 Å². The zero-order valence-corrected chi connectivity index (χ0v) is 23.8. The van der Waals surface area contributed by atoms with Crippen molar-refractivity contribution in [2.75, 3.05) is 39.2 Å². The topological polar surface area (TPSA) is 88.2 Å². The number of nitrogens with one attached hydrogen (secondary N) is 1. The van der Waals surface area contributed by atoms with Gasteiger partial charge in [-0.2, -0.15) is 0 Å². The van der Waals surface area contributed by atoms with Crippen molar-refractivity contribution in [3.05, 3.63) is 95.3 Å². The molecule has 0 bridgehead atoms. The zero-order chi connectivity index (χ0) is 29.5. The first kappa shape index (κ1) is 29.7. The number of carbonyl (C=O) groups excluding carboxylic acids is 3. The van der Waals surface area contributed by atoms with E-state index in [-0.39, 0.29) is 61.3 Å². The minimum absolute atomic E-state index is 0.0243. The second kappa shape index (κ2) is 13.4. The summed E-state index contributed by atoms with van der Waals surface area (Å²) in [5.41, 5.74) is 1.64. The number of fused-ring (bicyclic) bond motifs is 1. The summed E-state index contributed by atoms with van der Waals surface area (Å²) in [5.74, 6) is -1.42. The summed E-state index contributed by atoms with van der Waals surface area (Å²) < 4.78 is 26.5. The number of carbonyl (C=O) groups is 3. The van der Waals surface area contributed by atoms with Gasteiger partial charge < -0.3 is 24.6 Å². The van der Waals surface area contributed by atoms with Gasteiger partial charge in [-0.1, -0.05) is 49.4 Å². The second-order valence-electron chi connectivity index (χ2n) is 10.5. The Morgan fingerprint density at radius 3 is 2.44 bits per heavy atom. The van der Waals surface area contributed by atoms with Gasteiger partial charge in [-0.25, -0.2) is 4.39 Å². The molecule has 0 fully saturated rings. The number of halogens is 1. The average Bonchev–Trinajstić information content (AvgIpc) is 2.96. The summed E-state index contributed by atoms with van der Waals surface area (Å²) in [5, 5.41) is 2.87. The zero-order valence-electron chi connectivity index (χ0n) is 23.8. The fraction of sp³-hybridized carbons (Fsp3) is 0.344. The number of likely N-dealkylation sites (N-methyl/N-ethyl adjacent to an activating group) is 1. The minimum Gasteiger partial charge on any atom is -0.491 e. The van der Waals surface area contributed by atoms with Crippen LogP contribution < -0.4 is 10.1 Å². The molecule has 1 heterocycles. The largest absolute Gasteiger partial charge is 0.491 e. The Balaban J connectivity index is 1.64. The van der Waals surface area contributed by atoms with E-state index in [0.717, 1.165) is 5.56 Å². The molecule has 0 saturated carbocycles. The lowest BCUT2D eigenvalue weighted by Crippen LogP contribution is -2.48. The number of nitrogens with zero attached hydrogens (tertiary/aromatic N) is 2. The molecule has 0 aliphatic carbocycles. The average molecular weight is 562 g/mol. The van der Waals surface area contributed by atoms with E-state index in [1.54, 1.807) is 54.3 Å². The summed E-state index contributed by atoms with van der Waals surface area (Å²) in [6.07, 6.45) is -0.186. The summed E-state index contributed by atoms with van der Waals surface area (Å²) in [7, 11) is 3.25. The quantitative estimate of drug-likeness (QED) is 0.490. The van der Waals surface area contributed by atoms with E-state index < -0.39 is 17.8 Å². The molecule has 216 valence electrons. The molecule has 3 aromatic carbocycles. The van der Waals surface area contributed by atoms with Crippen molar-refractivity contribution >= 4 is 23.4 Å². The highest BCUT2D eigenvalue weighted by Gasteiger charge is 2.31. The molecular weight excluding hydrogens is 525 g/mol. The number of anilines is 1. The summed E-state index contributed by atoms with van der Waals surface area (Å²) in [6, 6.07) is 19.7. The Labute approximate surface area is 240 Å². The highest BCUT2D eigenvalue weighted by Crippen LogP contribution is 2.27. The lowest BCUT2D eigenvalue weighted by Gasteiger charge is -2.36. The molecule has 3 amide bonds. The van der Waals surface area contributed by atoms with Gasteiger partial charge in [0.25, 0.3) is 11.8 Å². The molecule has 9 heteroatoms.